The van der Waals surface area contributed by atoms with Crippen molar-refractivity contribution in [2.75, 3.05) is 0 Å². The molecule has 0 aliphatic heterocycles. The zero-order valence-electron chi connectivity index (χ0n) is 9.23. The van der Waals surface area contributed by atoms with Crippen molar-refractivity contribution in [3.63, 3.8) is 0 Å². The first-order valence-electron chi connectivity index (χ1n) is 4.96. The van der Waals surface area contributed by atoms with Crippen LogP contribution in [-0.4, -0.2) is 0 Å². The van der Waals surface area contributed by atoms with Gasteiger partial charge in [-0.3, -0.25) is 0 Å². The molecule has 0 nitrogen and oxygen atoms in total. The minimum Gasteiger partial charge on any atom is -0.0979 e. The van der Waals surface area contributed by atoms with E-state index >= 15 is 0 Å². The number of hydrogen-bond acceptors (Lipinski definition) is 1. The predicted molar refractivity (Wildman–Crippen MR) is 70.1 cm³/mol. The second-order valence-corrected chi connectivity index (χ2v) is 4.36. The highest BCUT2D eigenvalue weighted by atomic mass is 32.2. The molecule has 0 heterocycles. The molecule has 1 rings (SSSR count). The molecule has 0 amide bonds. The van der Waals surface area contributed by atoms with Gasteiger partial charge in [-0.1, -0.05) is 54.3 Å². The molecule has 0 atom stereocenters. The normalized spacial score (nSPS) is 12.0. The van der Waals surface area contributed by atoms with Crippen LogP contribution in [0.5, 0.6) is 0 Å². The molecule has 0 aliphatic carbocycles. The predicted octanol–water partition coefficient (Wildman–Crippen LogP) is 4.73. The Labute approximate surface area is 96.4 Å². The average molecular weight is 216 g/mol. The van der Waals surface area contributed by atoms with Crippen LogP contribution < -0.4 is 0 Å². The van der Waals surface area contributed by atoms with Gasteiger partial charge >= 0.3 is 0 Å². The van der Waals surface area contributed by atoms with Gasteiger partial charge in [-0.15, -0.1) is 0 Å². The standard InChI is InChI=1S/C14H16S/c1-4-6-7-13(5-2)15-14-10-8-12(3)9-11-14/h4-11H,2H2,1,3H3/b6-4-,13-7+. The van der Waals surface area contributed by atoms with Gasteiger partial charge in [-0.05, 0) is 32.1 Å². The van der Waals surface area contributed by atoms with E-state index in [0.29, 0.717) is 0 Å². The van der Waals surface area contributed by atoms with Crippen LogP contribution in [0.1, 0.15) is 12.5 Å². The number of hydrogen-bond donors (Lipinski definition) is 0. The first-order chi connectivity index (χ1) is 7.26. The van der Waals surface area contributed by atoms with Crippen molar-refractivity contribution < 1.29 is 0 Å². The van der Waals surface area contributed by atoms with Crippen molar-refractivity contribution in [2.24, 2.45) is 0 Å². The molecule has 0 spiro atoms. The van der Waals surface area contributed by atoms with Gasteiger partial charge in [0.2, 0.25) is 0 Å². The van der Waals surface area contributed by atoms with Crippen LogP contribution in [0.15, 0.2) is 64.9 Å². The Balaban J connectivity index is 2.75. The molecule has 1 aromatic rings. The molecule has 0 aromatic heterocycles. The lowest BCUT2D eigenvalue weighted by Crippen LogP contribution is -1.74. The van der Waals surface area contributed by atoms with Crippen molar-refractivity contribution in [2.45, 2.75) is 18.7 Å². The lowest BCUT2D eigenvalue weighted by molar-refractivity contribution is 1.38. The Morgan fingerprint density at radius 1 is 1.27 bits per heavy atom. The van der Waals surface area contributed by atoms with Crippen LogP contribution in [0.4, 0.5) is 0 Å². The topological polar surface area (TPSA) is 0 Å². The van der Waals surface area contributed by atoms with Crippen LogP contribution in [0, 0.1) is 6.92 Å². The van der Waals surface area contributed by atoms with Crippen molar-refractivity contribution in [3.8, 4) is 0 Å². The SMILES string of the molecule is C=C/C(=C\C=C/C)Sc1ccc(C)cc1. The second-order valence-electron chi connectivity index (χ2n) is 3.21. The van der Waals surface area contributed by atoms with Gasteiger partial charge in [0.15, 0.2) is 0 Å². The molecule has 0 saturated heterocycles. The quantitative estimate of drug-likeness (QED) is 0.518. The van der Waals surface area contributed by atoms with Crippen LogP contribution in [0.2, 0.25) is 0 Å². The molecule has 0 bridgehead atoms. The molecule has 0 N–H and O–H groups in total. The van der Waals surface area contributed by atoms with E-state index in [-0.39, 0.29) is 0 Å². The Morgan fingerprint density at radius 3 is 2.47 bits per heavy atom. The summed E-state index contributed by atoms with van der Waals surface area (Å²) in [7, 11) is 0. The fourth-order valence-corrected chi connectivity index (χ4v) is 1.85. The summed E-state index contributed by atoms with van der Waals surface area (Å²) in [5.41, 5.74) is 1.29. The Kier molecular flexibility index (Phi) is 4.99. The molecule has 0 aliphatic rings. The van der Waals surface area contributed by atoms with E-state index in [2.05, 4.69) is 43.8 Å². The van der Waals surface area contributed by atoms with Crippen LogP contribution >= 0.6 is 11.8 Å². The number of allylic oxidation sites excluding steroid dienone is 4. The third-order valence-corrected chi connectivity index (χ3v) is 2.96. The van der Waals surface area contributed by atoms with Gasteiger partial charge in [0.25, 0.3) is 0 Å². The van der Waals surface area contributed by atoms with E-state index in [1.165, 1.54) is 10.5 Å². The highest BCUT2D eigenvalue weighted by Crippen LogP contribution is 2.27. The first kappa shape index (κ1) is 11.9. The van der Waals surface area contributed by atoms with Gasteiger partial charge in [-0.25, -0.2) is 0 Å². The van der Waals surface area contributed by atoms with E-state index in [1.54, 1.807) is 11.8 Å². The summed E-state index contributed by atoms with van der Waals surface area (Å²) in [6.07, 6.45) is 7.99. The fourth-order valence-electron chi connectivity index (χ4n) is 1.08. The van der Waals surface area contributed by atoms with Gasteiger partial charge in [0, 0.05) is 9.80 Å². The van der Waals surface area contributed by atoms with Gasteiger partial charge in [0.05, 0.1) is 0 Å². The maximum atomic E-state index is 3.80. The third-order valence-electron chi connectivity index (χ3n) is 1.91. The monoisotopic (exact) mass is 216 g/mol. The fraction of sp³-hybridized carbons (Fsp3) is 0.143. The van der Waals surface area contributed by atoms with Gasteiger partial charge in [0.1, 0.15) is 0 Å². The summed E-state index contributed by atoms with van der Waals surface area (Å²) < 4.78 is 0. The largest absolute Gasteiger partial charge is 0.0979 e. The molecule has 0 saturated carbocycles. The van der Waals surface area contributed by atoms with Crippen molar-refractivity contribution in [1.82, 2.24) is 0 Å². The smallest absolute Gasteiger partial charge is 0.0122 e. The number of benzene rings is 1. The highest BCUT2D eigenvalue weighted by molar-refractivity contribution is 8.03. The number of aryl methyl sites for hydroxylation is 1. The van der Waals surface area contributed by atoms with Crippen LogP contribution in [0.25, 0.3) is 0 Å². The van der Waals surface area contributed by atoms with Gasteiger partial charge in [-0.2, -0.15) is 0 Å². The van der Waals surface area contributed by atoms with E-state index in [4.69, 9.17) is 0 Å². The maximum absolute atomic E-state index is 3.80. The molecule has 0 unspecified atom stereocenters. The zero-order valence-corrected chi connectivity index (χ0v) is 10.1. The van der Waals surface area contributed by atoms with E-state index < -0.39 is 0 Å². The average Bonchev–Trinajstić information content (AvgIpc) is 2.27. The molecular formula is C14H16S. The minimum absolute atomic E-state index is 1.16. The summed E-state index contributed by atoms with van der Waals surface area (Å²) in [6, 6.07) is 8.51. The minimum atomic E-state index is 1.16. The van der Waals surface area contributed by atoms with Crippen LogP contribution in [0.3, 0.4) is 0 Å². The molecule has 1 heteroatoms. The first-order valence-corrected chi connectivity index (χ1v) is 5.78. The Bertz CT molecular complexity index is 369. The van der Waals surface area contributed by atoms with E-state index in [1.807, 2.05) is 25.2 Å². The molecule has 0 fully saturated rings. The van der Waals surface area contributed by atoms with Crippen molar-refractivity contribution in [1.29, 1.82) is 0 Å². The number of thioether (sulfide) groups is 1. The molecule has 78 valence electrons. The van der Waals surface area contributed by atoms with Gasteiger partial charge < -0.3 is 0 Å². The van der Waals surface area contributed by atoms with E-state index in [0.717, 1.165) is 4.91 Å². The highest BCUT2D eigenvalue weighted by Gasteiger charge is 1.95. The zero-order chi connectivity index (χ0) is 11.1. The maximum Gasteiger partial charge on any atom is 0.0122 e. The van der Waals surface area contributed by atoms with E-state index in [9.17, 15) is 0 Å². The Hall–Kier alpha value is -1.21. The molecule has 0 radical (unpaired) electrons. The summed E-state index contributed by atoms with van der Waals surface area (Å²) in [4.78, 5) is 2.41. The summed E-state index contributed by atoms with van der Waals surface area (Å²) in [6.45, 7) is 7.91. The van der Waals surface area contributed by atoms with Crippen molar-refractivity contribution >= 4 is 11.8 Å². The summed E-state index contributed by atoms with van der Waals surface area (Å²) >= 11 is 1.73. The molecule has 15 heavy (non-hydrogen) atoms. The third kappa shape index (κ3) is 4.22. The summed E-state index contributed by atoms with van der Waals surface area (Å²) in [5.74, 6) is 0. The molecular weight excluding hydrogens is 200 g/mol. The Morgan fingerprint density at radius 2 is 1.93 bits per heavy atom. The lowest BCUT2D eigenvalue weighted by Gasteiger charge is -2.01. The summed E-state index contributed by atoms with van der Waals surface area (Å²) in [5, 5.41) is 0. The van der Waals surface area contributed by atoms with Crippen LogP contribution in [-0.2, 0) is 0 Å². The second kappa shape index (κ2) is 6.31. The lowest BCUT2D eigenvalue weighted by atomic mass is 10.2. The molecule has 1 aromatic carbocycles. The van der Waals surface area contributed by atoms with Crippen molar-refractivity contribution in [3.05, 3.63) is 65.6 Å². The number of rotatable bonds is 4.